The Morgan fingerprint density at radius 3 is 2.30 bits per heavy atom. The topological polar surface area (TPSA) is 123 Å². The number of esters is 3. The number of carbonyl (C=O) groups is 3. The molecule has 2 atom stereocenters. The van der Waals surface area contributed by atoms with Crippen molar-refractivity contribution in [1.82, 2.24) is 4.90 Å². The molecular formula is C14H23NO8. The van der Waals surface area contributed by atoms with Crippen molar-refractivity contribution in [3.05, 3.63) is 12.2 Å². The van der Waals surface area contributed by atoms with Crippen molar-refractivity contribution in [1.29, 1.82) is 0 Å². The second-order valence-electron chi connectivity index (χ2n) is 4.90. The molecule has 0 fully saturated rings. The van der Waals surface area contributed by atoms with Gasteiger partial charge in [0.15, 0.2) is 6.10 Å². The van der Waals surface area contributed by atoms with Crippen LogP contribution in [0.25, 0.3) is 0 Å². The highest BCUT2D eigenvalue weighted by molar-refractivity contribution is 5.91. The van der Waals surface area contributed by atoms with Crippen molar-refractivity contribution >= 4 is 17.9 Å². The van der Waals surface area contributed by atoms with Crippen LogP contribution in [0.1, 0.15) is 6.42 Å². The maximum absolute atomic E-state index is 11.6. The lowest BCUT2D eigenvalue weighted by Crippen LogP contribution is -2.32. The van der Waals surface area contributed by atoms with Crippen molar-refractivity contribution in [3.63, 3.8) is 0 Å². The van der Waals surface area contributed by atoms with Gasteiger partial charge in [-0.15, -0.1) is 0 Å². The maximum atomic E-state index is 11.6. The van der Waals surface area contributed by atoms with E-state index in [0.29, 0.717) is 0 Å². The third-order valence-electron chi connectivity index (χ3n) is 2.45. The van der Waals surface area contributed by atoms with Crippen LogP contribution in [-0.4, -0.2) is 86.2 Å². The summed E-state index contributed by atoms with van der Waals surface area (Å²) in [6, 6.07) is 0. The second-order valence-corrected chi connectivity index (χ2v) is 4.90. The first-order valence-electron chi connectivity index (χ1n) is 6.84. The standard InChI is InChI=1S/C14H23NO8/c1-15(2)7-10(17)6-14(20)23-11(8-16)9-22-13(19)5-4-12(18)21-3/h4-5,10-11,16-17H,6-9H2,1-3H3/b5-4+/t10-,11?/m1/s1. The zero-order valence-corrected chi connectivity index (χ0v) is 13.4. The number of hydrogen-bond donors (Lipinski definition) is 2. The Morgan fingerprint density at radius 2 is 1.78 bits per heavy atom. The molecule has 0 aliphatic rings. The molecular weight excluding hydrogens is 310 g/mol. The molecule has 0 bridgehead atoms. The highest BCUT2D eigenvalue weighted by atomic mass is 16.6. The summed E-state index contributed by atoms with van der Waals surface area (Å²) >= 11 is 0. The van der Waals surface area contributed by atoms with Crippen molar-refractivity contribution in [2.75, 3.05) is 41.0 Å². The Balaban J connectivity index is 4.19. The van der Waals surface area contributed by atoms with Crippen molar-refractivity contribution in [2.45, 2.75) is 18.6 Å². The lowest BCUT2D eigenvalue weighted by atomic mass is 10.2. The van der Waals surface area contributed by atoms with E-state index in [1.807, 2.05) is 0 Å². The van der Waals surface area contributed by atoms with E-state index in [4.69, 9.17) is 14.6 Å². The molecule has 23 heavy (non-hydrogen) atoms. The Morgan fingerprint density at radius 1 is 1.17 bits per heavy atom. The monoisotopic (exact) mass is 333 g/mol. The molecule has 0 aliphatic heterocycles. The summed E-state index contributed by atoms with van der Waals surface area (Å²) in [5, 5.41) is 18.7. The molecule has 1 unspecified atom stereocenters. The van der Waals surface area contributed by atoms with Crippen LogP contribution < -0.4 is 0 Å². The molecule has 0 saturated carbocycles. The summed E-state index contributed by atoms with van der Waals surface area (Å²) in [4.78, 5) is 35.3. The number of nitrogens with zero attached hydrogens (tertiary/aromatic N) is 1. The fraction of sp³-hybridized carbons (Fsp3) is 0.643. The van der Waals surface area contributed by atoms with E-state index >= 15 is 0 Å². The van der Waals surface area contributed by atoms with E-state index in [2.05, 4.69) is 4.74 Å². The summed E-state index contributed by atoms with van der Waals surface area (Å²) < 4.78 is 13.9. The Labute approximate surface area is 134 Å². The number of ether oxygens (including phenoxy) is 3. The predicted molar refractivity (Wildman–Crippen MR) is 78.3 cm³/mol. The molecule has 0 spiro atoms. The first-order chi connectivity index (χ1) is 10.8. The van der Waals surface area contributed by atoms with Crippen LogP contribution in [0.15, 0.2) is 12.2 Å². The molecule has 0 aliphatic carbocycles. The van der Waals surface area contributed by atoms with Gasteiger partial charge in [-0.1, -0.05) is 0 Å². The Bertz CT molecular complexity index is 421. The van der Waals surface area contributed by atoms with E-state index in [9.17, 15) is 19.5 Å². The quantitative estimate of drug-likeness (QED) is 0.278. The molecule has 0 aromatic heterocycles. The van der Waals surface area contributed by atoms with Gasteiger partial charge < -0.3 is 29.3 Å². The first-order valence-corrected chi connectivity index (χ1v) is 6.84. The van der Waals surface area contributed by atoms with Gasteiger partial charge in [0, 0.05) is 18.7 Å². The fourth-order valence-electron chi connectivity index (χ4n) is 1.46. The van der Waals surface area contributed by atoms with Gasteiger partial charge in [0.1, 0.15) is 6.61 Å². The van der Waals surface area contributed by atoms with Crippen LogP contribution in [0.5, 0.6) is 0 Å². The Kier molecular flexibility index (Phi) is 10.6. The van der Waals surface area contributed by atoms with E-state index in [1.54, 1.807) is 19.0 Å². The number of rotatable bonds is 10. The molecule has 0 saturated heterocycles. The molecule has 9 heteroatoms. The van der Waals surface area contributed by atoms with E-state index in [1.165, 1.54) is 0 Å². The van der Waals surface area contributed by atoms with Gasteiger partial charge in [-0.25, -0.2) is 9.59 Å². The van der Waals surface area contributed by atoms with Gasteiger partial charge in [0.2, 0.25) is 0 Å². The van der Waals surface area contributed by atoms with Crippen LogP contribution >= 0.6 is 0 Å². The number of aliphatic hydroxyl groups is 2. The minimum Gasteiger partial charge on any atom is -0.466 e. The van der Waals surface area contributed by atoms with E-state index < -0.39 is 36.7 Å². The van der Waals surface area contributed by atoms with E-state index in [0.717, 1.165) is 19.3 Å². The molecule has 0 heterocycles. The van der Waals surface area contributed by atoms with Crippen LogP contribution in [0.4, 0.5) is 0 Å². The smallest absolute Gasteiger partial charge is 0.331 e. The fourth-order valence-corrected chi connectivity index (χ4v) is 1.46. The first kappa shape index (κ1) is 21.0. The largest absolute Gasteiger partial charge is 0.466 e. The number of aliphatic hydroxyl groups excluding tert-OH is 2. The summed E-state index contributed by atoms with van der Waals surface area (Å²) in [5.41, 5.74) is 0. The zero-order chi connectivity index (χ0) is 17.8. The summed E-state index contributed by atoms with van der Waals surface area (Å²) in [7, 11) is 4.64. The normalized spacial score (nSPS) is 13.7. The highest BCUT2D eigenvalue weighted by Crippen LogP contribution is 2.01. The minimum absolute atomic E-state index is 0.245. The molecule has 0 amide bonds. The van der Waals surface area contributed by atoms with E-state index in [-0.39, 0.29) is 19.6 Å². The molecule has 0 aromatic rings. The van der Waals surface area contributed by atoms with Gasteiger partial charge in [-0.05, 0) is 14.1 Å². The highest BCUT2D eigenvalue weighted by Gasteiger charge is 2.18. The molecule has 0 aromatic carbocycles. The van der Waals surface area contributed by atoms with Gasteiger partial charge in [-0.3, -0.25) is 4.79 Å². The third-order valence-corrected chi connectivity index (χ3v) is 2.45. The van der Waals surface area contributed by atoms with Crippen molar-refractivity contribution < 1.29 is 38.8 Å². The molecule has 0 rings (SSSR count). The van der Waals surface area contributed by atoms with Gasteiger partial charge in [0.25, 0.3) is 0 Å². The van der Waals surface area contributed by atoms with Crippen LogP contribution in [0.2, 0.25) is 0 Å². The van der Waals surface area contributed by atoms with Crippen molar-refractivity contribution in [2.24, 2.45) is 0 Å². The molecule has 9 nitrogen and oxygen atoms in total. The van der Waals surface area contributed by atoms with Crippen LogP contribution in [0, 0.1) is 0 Å². The average Bonchev–Trinajstić information content (AvgIpc) is 2.47. The SMILES string of the molecule is COC(=O)/C=C/C(=O)OCC(CO)OC(=O)C[C@@H](O)CN(C)C. The van der Waals surface area contributed by atoms with Gasteiger partial charge in [0.05, 0.1) is 26.2 Å². The zero-order valence-electron chi connectivity index (χ0n) is 13.4. The number of likely N-dealkylation sites (N-methyl/N-ethyl adjacent to an activating group) is 1. The second kappa shape index (κ2) is 11.6. The number of hydrogen-bond acceptors (Lipinski definition) is 9. The van der Waals surface area contributed by atoms with Crippen LogP contribution in [0.3, 0.4) is 0 Å². The molecule has 0 radical (unpaired) electrons. The number of carbonyl (C=O) groups excluding carboxylic acids is 3. The lowest BCUT2D eigenvalue weighted by molar-refractivity contribution is -0.161. The van der Waals surface area contributed by atoms with Crippen LogP contribution in [-0.2, 0) is 28.6 Å². The summed E-state index contributed by atoms with van der Waals surface area (Å²) in [6.45, 7) is -0.647. The van der Waals surface area contributed by atoms with Crippen molar-refractivity contribution in [3.8, 4) is 0 Å². The van der Waals surface area contributed by atoms with Gasteiger partial charge in [-0.2, -0.15) is 0 Å². The predicted octanol–water partition coefficient (Wildman–Crippen LogP) is -1.52. The lowest BCUT2D eigenvalue weighted by Gasteiger charge is -2.18. The Hall–Kier alpha value is -1.97. The molecule has 2 N–H and O–H groups in total. The third kappa shape index (κ3) is 11.3. The maximum Gasteiger partial charge on any atom is 0.331 e. The van der Waals surface area contributed by atoms with Gasteiger partial charge >= 0.3 is 17.9 Å². The minimum atomic E-state index is -1.05. The summed E-state index contributed by atoms with van der Waals surface area (Å²) in [6.07, 6.45) is -0.472. The average molecular weight is 333 g/mol. The summed E-state index contributed by atoms with van der Waals surface area (Å²) in [5.74, 6) is -2.29. The number of methoxy groups -OCH3 is 1. The molecule has 132 valence electrons.